The molecular formula is C13H22N2O2. The van der Waals surface area contributed by atoms with Crippen LogP contribution in [0.2, 0.25) is 0 Å². The number of esters is 1. The molecule has 0 bridgehead atoms. The van der Waals surface area contributed by atoms with Crippen LogP contribution in [0.25, 0.3) is 0 Å². The van der Waals surface area contributed by atoms with E-state index in [4.69, 9.17) is 10.00 Å². The standard InChI is InChI=1S/C13H22N2O2/c1-2-17-13(16)12-8-4-7-11-15(12)10-6-3-5-9-14/h12H,2-8,10-11H2,1H3. The van der Waals surface area contributed by atoms with Crippen molar-refractivity contribution in [3.63, 3.8) is 0 Å². The van der Waals surface area contributed by atoms with Crippen molar-refractivity contribution in [3.05, 3.63) is 0 Å². The maximum Gasteiger partial charge on any atom is 0.323 e. The summed E-state index contributed by atoms with van der Waals surface area (Å²) in [6.45, 7) is 4.19. The summed E-state index contributed by atoms with van der Waals surface area (Å²) < 4.78 is 5.11. The summed E-state index contributed by atoms with van der Waals surface area (Å²) in [5.41, 5.74) is 0. The number of hydrogen-bond acceptors (Lipinski definition) is 4. The molecule has 1 heterocycles. The Kier molecular flexibility index (Phi) is 6.64. The maximum absolute atomic E-state index is 11.8. The van der Waals surface area contributed by atoms with Crippen LogP contribution in [-0.2, 0) is 9.53 Å². The Labute approximate surface area is 104 Å². The second kappa shape index (κ2) is 8.08. The summed E-state index contributed by atoms with van der Waals surface area (Å²) in [5, 5.41) is 8.48. The Balaban J connectivity index is 2.37. The molecule has 1 fully saturated rings. The van der Waals surface area contributed by atoms with Crippen LogP contribution in [0.1, 0.15) is 45.4 Å². The first kappa shape index (κ1) is 14.0. The van der Waals surface area contributed by atoms with Gasteiger partial charge in [0.2, 0.25) is 0 Å². The van der Waals surface area contributed by atoms with Gasteiger partial charge in [0.05, 0.1) is 12.7 Å². The highest BCUT2D eigenvalue weighted by molar-refractivity contribution is 5.75. The first-order valence-corrected chi connectivity index (χ1v) is 6.57. The molecule has 0 aliphatic carbocycles. The van der Waals surface area contributed by atoms with E-state index in [1.807, 2.05) is 6.92 Å². The molecule has 1 rings (SSSR count). The van der Waals surface area contributed by atoms with E-state index < -0.39 is 0 Å². The lowest BCUT2D eigenvalue weighted by Gasteiger charge is -2.33. The summed E-state index contributed by atoms with van der Waals surface area (Å²) in [7, 11) is 0. The van der Waals surface area contributed by atoms with Gasteiger partial charge in [-0.3, -0.25) is 9.69 Å². The number of piperidine rings is 1. The monoisotopic (exact) mass is 238 g/mol. The van der Waals surface area contributed by atoms with Crippen LogP contribution in [0.15, 0.2) is 0 Å². The van der Waals surface area contributed by atoms with Gasteiger partial charge in [0.15, 0.2) is 0 Å². The van der Waals surface area contributed by atoms with Gasteiger partial charge in [-0.15, -0.1) is 0 Å². The fraction of sp³-hybridized carbons (Fsp3) is 0.846. The minimum Gasteiger partial charge on any atom is -0.465 e. The molecule has 0 aromatic carbocycles. The van der Waals surface area contributed by atoms with Crippen LogP contribution in [0.4, 0.5) is 0 Å². The van der Waals surface area contributed by atoms with E-state index in [1.54, 1.807) is 0 Å². The fourth-order valence-corrected chi connectivity index (χ4v) is 2.28. The molecule has 0 saturated carbocycles. The van der Waals surface area contributed by atoms with Crippen molar-refractivity contribution in [2.75, 3.05) is 19.7 Å². The SMILES string of the molecule is CCOC(=O)C1CCCCN1CCCCC#N. The number of carbonyl (C=O) groups is 1. The summed E-state index contributed by atoms with van der Waals surface area (Å²) >= 11 is 0. The number of hydrogen-bond donors (Lipinski definition) is 0. The average molecular weight is 238 g/mol. The van der Waals surface area contributed by atoms with Crippen molar-refractivity contribution >= 4 is 5.97 Å². The molecule has 0 radical (unpaired) electrons. The molecule has 4 nitrogen and oxygen atoms in total. The molecule has 1 atom stereocenters. The molecule has 0 N–H and O–H groups in total. The maximum atomic E-state index is 11.8. The van der Waals surface area contributed by atoms with E-state index >= 15 is 0 Å². The van der Waals surface area contributed by atoms with E-state index in [9.17, 15) is 4.79 Å². The van der Waals surface area contributed by atoms with Crippen molar-refractivity contribution in [1.82, 2.24) is 4.90 Å². The topological polar surface area (TPSA) is 53.3 Å². The van der Waals surface area contributed by atoms with E-state index in [0.717, 1.165) is 45.2 Å². The van der Waals surface area contributed by atoms with Crippen LogP contribution in [0, 0.1) is 11.3 Å². The summed E-state index contributed by atoms with van der Waals surface area (Å²) in [6.07, 6.45) is 5.70. The number of nitriles is 1. The smallest absolute Gasteiger partial charge is 0.323 e. The highest BCUT2D eigenvalue weighted by Crippen LogP contribution is 2.18. The van der Waals surface area contributed by atoms with Gasteiger partial charge >= 0.3 is 5.97 Å². The van der Waals surface area contributed by atoms with Crippen LogP contribution in [0.3, 0.4) is 0 Å². The highest BCUT2D eigenvalue weighted by Gasteiger charge is 2.28. The molecular weight excluding hydrogens is 216 g/mol. The molecule has 1 aliphatic heterocycles. The Morgan fingerprint density at radius 3 is 3.00 bits per heavy atom. The number of likely N-dealkylation sites (tertiary alicyclic amines) is 1. The fourth-order valence-electron chi connectivity index (χ4n) is 2.28. The lowest BCUT2D eigenvalue weighted by atomic mass is 10.0. The van der Waals surface area contributed by atoms with Gasteiger partial charge in [-0.05, 0) is 45.7 Å². The molecule has 1 unspecified atom stereocenters. The normalized spacial score (nSPS) is 20.8. The number of rotatable bonds is 6. The lowest BCUT2D eigenvalue weighted by Crippen LogP contribution is -2.45. The van der Waals surface area contributed by atoms with Crippen LogP contribution < -0.4 is 0 Å². The first-order chi connectivity index (χ1) is 8.29. The van der Waals surface area contributed by atoms with Crippen LogP contribution >= 0.6 is 0 Å². The third-order valence-electron chi connectivity index (χ3n) is 3.16. The molecule has 1 saturated heterocycles. The third kappa shape index (κ3) is 4.74. The average Bonchev–Trinajstić information content (AvgIpc) is 2.35. The van der Waals surface area contributed by atoms with Gasteiger partial charge in [-0.25, -0.2) is 0 Å². The van der Waals surface area contributed by atoms with Crippen molar-refractivity contribution in [3.8, 4) is 6.07 Å². The predicted molar refractivity (Wildman–Crippen MR) is 65.3 cm³/mol. The van der Waals surface area contributed by atoms with Crippen molar-refractivity contribution in [1.29, 1.82) is 5.26 Å². The van der Waals surface area contributed by atoms with Gasteiger partial charge in [0.25, 0.3) is 0 Å². The number of nitrogens with zero attached hydrogens (tertiary/aromatic N) is 2. The summed E-state index contributed by atoms with van der Waals surface area (Å²) in [4.78, 5) is 14.0. The zero-order valence-corrected chi connectivity index (χ0v) is 10.7. The molecule has 0 spiro atoms. The summed E-state index contributed by atoms with van der Waals surface area (Å²) in [6, 6.07) is 2.10. The van der Waals surface area contributed by atoms with E-state index in [2.05, 4.69) is 11.0 Å². The molecule has 1 aliphatic rings. The Bertz CT molecular complexity index is 273. The molecule has 4 heteroatoms. The number of carbonyl (C=O) groups excluding carboxylic acids is 1. The molecule has 17 heavy (non-hydrogen) atoms. The van der Waals surface area contributed by atoms with Gasteiger partial charge in [0, 0.05) is 6.42 Å². The zero-order chi connectivity index (χ0) is 12.5. The highest BCUT2D eigenvalue weighted by atomic mass is 16.5. The first-order valence-electron chi connectivity index (χ1n) is 6.57. The number of ether oxygens (including phenoxy) is 1. The Morgan fingerprint density at radius 1 is 1.47 bits per heavy atom. The van der Waals surface area contributed by atoms with E-state index in [-0.39, 0.29) is 12.0 Å². The predicted octanol–water partition coefficient (Wildman–Crippen LogP) is 2.10. The van der Waals surface area contributed by atoms with Gasteiger partial charge in [-0.1, -0.05) is 6.42 Å². The largest absolute Gasteiger partial charge is 0.465 e. The molecule has 0 aromatic heterocycles. The van der Waals surface area contributed by atoms with Crippen LogP contribution in [0.5, 0.6) is 0 Å². The van der Waals surface area contributed by atoms with Gasteiger partial charge < -0.3 is 4.74 Å². The second-order valence-corrected chi connectivity index (χ2v) is 4.41. The van der Waals surface area contributed by atoms with Gasteiger partial charge in [0.1, 0.15) is 6.04 Å². The Morgan fingerprint density at radius 2 is 2.29 bits per heavy atom. The molecule has 0 aromatic rings. The van der Waals surface area contributed by atoms with Crippen molar-refractivity contribution in [2.45, 2.75) is 51.5 Å². The van der Waals surface area contributed by atoms with Crippen molar-refractivity contribution < 1.29 is 9.53 Å². The zero-order valence-electron chi connectivity index (χ0n) is 10.7. The minimum atomic E-state index is -0.0764. The second-order valence-electron chi connectivity index (χ2n) is 4.41. The minimum absolute atomic E-state index is 0.0502. The quantitative estimate of drug-likeness (QED) is 0.525. The van der Waals surface area contributed by atoms with E-state index in [0.29, 0.717) is 13.0 Å². The number of unbranched alkanes of at least 4 members (excludes halogenated alkanes) is 2. The van der Waals surface area contributed by atoms with Crippen LogP contribution in [-0.4, -0.2) is 36.6 Å². The van der Waals surface area contributed by atoms with Crippen molar-refractivity contribution in [2.24, 2.45) is 0 Å². The molecule has 0 amide bonds. The van der Waals surface area contributed by atoms with E-state index in [1.165, 1.54) is 0 Å². The van der Waals surface area contributed by atoms with Gasteiger partial charge in [-0.2, -0.15) is 5.26 Å². The third-order valence-corrected chi connectivity index (χ3v) is 3.16. The summed E-state index contributed by atoms with van der Waals surface area (Å²) in [5.74, 6) is -0.0764. The molecule has 96 valence electrons. The Hall–Kier alpha value is -1.08. The lowest BCUT2D eigenvalue weighted by molar-refractivity contribution is -0.150.